The number of nitrogens with zero attached hydrogens (tertiary/aromatic N) is 3. The van der Waals surface area contributed by atoms with E-state index in [0.29, 0.717) is 18.3 Å². The second-order valence-corrected chi connectivity index (χ2v) is 6.13. The van der Waals surface area contributed by atoms with Gasteiger partial charge in [-0.15, -0.1) is 0 Å². The number of aromatic amines is 1. The Hall–Kier alpha value is -2.63. The number of hydrogen-bond acceptors (Lipinski definition) is 4. The Morgan fingerprint density at radius 3 is 2.62 bits per heavy atom. The van der Waals surface area contributed by atoms with Gasteiger partial charge < -0.3 is 5.32 Å². The Balaban J connectivity index is 1.84. The van der Waals surface area contributed by atoms with E-state index in [1.807, 2.05) is 6.92 Å². The third-order valence-electron chi connectivity index (χ3n) is 4.16. The molecule has 126 valence electrons. The molecule has 0 aliphatic heterocycles. The Morgan fingerprint density at radius 1 is 1.17 bits per heavy atom. The molecular weight excluding hydrogens is 302 g/mol. The fourth-order valence-electron chi connectivity index (χ4n) is 2.67. The molecule has 0 radical (unpaired) electrons. The van der Waals surface area contributed by atoms with E-state index in [9.17, 15) is 4.79 Å². The van der Waals surface area contributed by atoms with Gasteiger partial charge in [-0.25, -0.2) is 4.98 Å². The van der Waals surface area contributed by atoms with Gasteiger partial charge in [0.15, 0.2) is 0 Å². The van der Waals surface area contributed by atoms with Gasteiger partial charge in [0.25, 0.3) is 11.3 Å². The number of anilines is 1. The molecule has 0 aliphatic carbocycles. The molecule has 3 aromatic rings. The average molecular weight is 325 g/mol. The first-order valence-electron chi connectivity index (χ1n) is 8.36. The highest BCUT2D eigenvalue weighted by atomic mass is 16.1. The maximum atomic E-state index is 12.6. The van der Waals surface area contributed by atoms with Gasteiger partial charge in [0, 0.05) is 12.1 Å². The van der Waals surface area contributed by atoms with E-state index in [2.05, 4.69) is 58.5 Å². The summed E-state index contributed by atoms with van der Waals surface area (Å²) < 4.78 is 1.43. The number of aromatic nitrogens is 4. The summed E-state index contributed by atoms with van der Waals surface area (Å²) in [6.45, 7) is 6.69. The van der Waals surface area contributed by atoms with Gasteiger partial charge in [-0.05, 0) is 32.3 Å². The van der Waals surface area contributed by atoms with Crippen molar-refractivity contribution >= 4 is 11.7 Å². The van der Waals surface area contributed by atoms with Gasteiger partial charge in [0.2, 0.25) is 5.95 Å². The monoisotopic (exact) mass is 325 g/mol. The van der Waals surface area contributed by atoms with Crippen LogP contribution in [0.1, 0.15) is 42.1 Å². The number of unbranched alkanes of at least 4 members (excludes halogenated alkanes) is 1. The molecule has 1 aromatic carbocycles. The van der Waals surface area contributed by atoms with Gasteiger partial charge in [0.1, 0.15) is 0 Å². The molecule has 6 heteroatoms. The van der Waals surface area contributed by atoms with Crippen molar-refractivity contribution in [1.82, 2.24) is 19.6 Å². The van der Waals surface area contributed by atoms with Crippen LogP contribution in [0.5, 0.6) is 0 Å². The standard InChI is InChI=1S/C18H23N5O/c1-4-5-6-15-13(3)20-18-21-17(22-23(18)16(15)24)19-11-14-9-7-12(2)8-10-14/h7-10H,4-6,11H2,1-3H3,(H2,19,20,21,22). The van der Waals surface area contributed by atoms with Crippen molar-refractivity contribution < 1.29 is 0 Å². The van der Waals surface area contributed by atoms with Crippen LogP contribution in [0.3, 0.4) is 0 Å². The van der Waals surface area contributed by atoms with Crippen molar-refractivity contribution in [1.29, 1.82) is 0 Å². The summed E-state index contributed by atoms with van der Waals surface area (Å²) >= 11 is 0. The van der Waals surface area contributed by atoms with Crippen molar-refractivity contribution in [3.8, 4) is 0 Å². The van der Waals surface area contributed by atoms with Crippen LogP contribution in [0.25, 0.3) is 5.78 Å². The molecule has 3 rings (SSSR count). The van der Waals surface area contributed by atoms with E-state index >= 15 is 0 Å². The second kappa shape index (κ2) is 6.86. The summed E-state index contributed by atoms with van der Waals surface area (Å²) in [5, 5.41) is 6.22. The maximum Gasteiger partial charge on any atom is 0.277 e. The van der Waals surface area contributed by atoms with Crippen molar-refractivity contribution in [2.24, 2.45) is 0 Å². The quantitative estimate of drug-likeness (QED) is 0.730. The fourth-order valence-corrected chi connectivity index (χ4v) is 2.67. The van der Waals surface area contributed by atoms with E-state index in [0.717, 1.165) is 36.1 Å². The van der Waals surface area contributed by atoms with Crippen LogP contribution in [-0.2, 0) is 13.0 Å². The van der Waals surface area contributed by atoms with E-state index in [1.54, 1.807) is 0 Å². The fraction of sp³-hybridized carbons (Fsp3) is 0.389. The zero-order valence-electron chi connectivity index (χ0n) is 14.4. The first-order chi connectivity index (χ1) is 11.6. The molecule has 2 aromatic heterocycles. The molecule has 0 atom stereocenters. The number of benzene rings is 1. The van der Waals surface area contributed by atoms with Crippen molar-refractivity contribution in [2.45, 2.75) is 46.6 Å². The van der Waals surface area contributed by atoms with Gasteiger partial charge in [-0.2, -0.15) is 9.50 Å². The van der Waals surface area contributed by atoms with Crippen LogP contribution < -0.4 is 10.9 Å². The lowest BCUT2D eigenvalue weighted by Gasteiger charge is -2.03. The molecule has 0 saturated carbocycles. The van der Waals surface area contributed by atoms with Crippen molar-refractivity contribution in [2.75, 3.05) is 5.32 Å². The van der Waals surface area contributed by atoms with E-state index in [-0.39, 0.29) is 5.56 Å². The Bertz CT molecular complexity index is 892. The number of H-pyrrole nitrogens is 1. The lowest BCUT2D eigenvalue weighted by atomic mass is 10.1. The second-order valence-electron chi connectivity index (χ2n) is 6.13. The number of rotatable bonds is 6. The molecule has 24 heavy (non-hydrogen) atoms. The SMILES string of the molecule is CCCCc1c(C)nc2nc(NCc3ccc(C)cc3)[nH]n2c1=O. The zero-order chi connectivity index (χ0) is 17.1. The lowest BCUT2D eigenvalue weighted by Crippen LogP contribution is -2.22. The molecule has 0 aliphatic rings. The zero-order valence-corrected chi connectivity index (χ0v) is 14.4. The van der Waals surface area contributed by atoms with E-state index in [1.165, 1.54) is 10.1 Å². The summed E-state index contributed by atoms with van der Waals surface area (Å²) in [7, 11) is 0. The largest absolute Gasteiger partial charge is 0.351 e. The summed E-state index contributed by atoms with van der Waals surface area (Å²) in [5.74, 6) is 0.955. The summed E-state index contributed by atoms with van der Waals surface area (Å²) in [4.78, 5) is 21.4. The van der Waals surface area contributed by atoms with Gasteiger partial charge >= 0.3 is 0 Å². The number of aryl methyl sites for hydroxylation is 2. The van der Waals surface area contributed by atoms with Crippen LogP contribution in [0, 0.1) is 13.8 Å². The third-order valence-corrected chi connectivity index (χ3v) is 4.16. The summed E-state index contributed by atoms with van der Waals surface area (Å²) in [6.07, 6.45) is 2.78. The summed E-state index contributed by atoms with van der Waals surface area (Å²) in [6, 6.07) is 8.29. The highest BCUT2D eigenvalue weighted by Crippen LogP contribution is 2.09. The molecule has 2 heterocycles. The highest BCUT2D eigenvalue weighted by Gasteiger charge is 2.12. The molecule has 0 fully saturated rings. The topological polar surface area (TPSA) is 75.1 Å². The molecule has 0 spiro atoms. The predicted molar refractivity (Wildman–Crippen MR) is 95.5 cm³/mol. The highest BCUT2D eigenvalue weighted by molar-refractivity contribution is 5.39. The minimum atomic E-state index is -0.0539. The number of hydrogen-bond donors (Lipinski definition) is 2. The normalized spacial score (nSPS) is 11.1. The molecule has 2 N–H and O–H groups in total. The molecule has 0 bridgehead atoms. The lowest BCUT2D eigenvalue weighted by molar-refractivity contribution is 0.759. The van der Waals surface area contributed by atoms with Gasteiger partial charge in [0.05, 0.1) is 5.69 Å². The molecule has 0 saturated heterocycles. The first-order valence-corrected chi connectivity index (χ1v) is 8.36. The molecule has 0 unspecified atom stereocenters. The van der Waals surface area contributed by atoms with Crippen molar-refractivity contribution in [3.63, 3.8) is 0 Å². The van der Waals surface area contributed by atoms with E-state index in [4.69, 9.17) is 0 Å². The van der Waals surface area contributed by atoms with Crippen molar-refractivity contribution in [3.05, 3.63) is 57.0 Å². The predicted octanol–water partition coefficient (Wildman–Crippen LogP) is 2.99. The smallest absolute Gasteiger partial charge is 0.277 e. The minimum Gasteiger partial charge on any atom is -0.351 e. The molecule has 0 amide bonds. The Morgan fingerprint density at radius 2 is 1.92 bits per heavy atom. The molecule has 6 nitrogen and oxygen atoms in total. The van der Waals surface area contributed by atoms with Crippen LogP contribution in [0.2, 0.25) is 0 Å². The summed E-state index contributed by atoms with van der Waals surface area (Å²) in [5.41, 5.74) is 3.87. The Labute approximate surface area is 141 Å². The van der Waals surface area contributed by atoms with Gasteiger partial charge in [-0.3, -0.25) is 9.89 Å². The Kier molecular flexibility index (Phi) is 4.64. The van der Waals surface area contributed by atoms with Crippen LogP contribution >= 0.6 is 0 Å². The maximum absolute atomic E-state index is 12.6. The minimum absolute atomic E-state index is 0.0539. The van der Waals surface area contributed by atoms with Crippen LogP contribution in [-0.4, -0.2) is 19.6 Å². The third kappa shape index (κ3) is 3.32. The van der Waals surface area contributed by atoms with Gasteiger partial charge in [-0.1, -0.05) is 43.2 Å². The van der Waals surface area contributed by atoms with Crippen LogP contribution in [0.4, 0.5) is 5.95 Å². The van der Waals surface area contributed by atoms with E-state index < -0.39 is 0 Å². The average Bonchev–Trinajstić information content (AvgIpc) is 2.97. The molecular formula is C18H23N5O. The first kappa shape index (κ1) is 16.2. The van der Waals surface area contributed by atoms with Crippen LogP contribution in [0.15, 0.2) is 29.1 Å². The number of fused-ring (bicyclic) bond motifs is 1. The number of nitrogens with one attached hydrogen (secondary N) is 2.